The van der Waals surface area contributed by atoms with Gasteiger partial charge >= 0.3 is 0 Å². The molecule has 0 atom stereocenters. The number of rotatable bonds is 5. The van der Waals surface area contributed by atoms with Crippen LogP contribution in [0.3, 0.4) is 0 Å². The van der Waals surface area contributed by atoms with E-state index in [1.807, 2.05) is 6.20 Å². The summed E-state index contributed by atoms with van der Waals surface area (Å²) in [5.74, 6) is 0.822. The molecule has 5 rings (SSSR count). The van der Waals surface area contributed by atoms with Crippen LogP contribution in [0.1, 0.15) is 68.7 Å². The molecule has 3 aromatic heterocycles. The molecule has 172 valence electrons. The summed E-state index contributed by atoms with van der Waals surface area (Å²) in [7, 11) is 0. The van der Waals surface area contributed by atoms with Crippen molar-refractivity contribution in [3.8, 4) is 22.5 Å². The highest BCUT2D eigenvalue weighted by atomic mass is 16.3. The molecule has 3 heterocycles. The standard InChI is InChI=1S/C31H32N2O/c1-7-21-16-28(32-17-20(21)6)26-13-9-12-24-25-14-15-27(33-31(25)34-30(24)26)29-22(18(2)3)10-8-11-23(29)19(4)5/h8-19H,7H2,1-6H3. The molecule has 0 amide bonds. The van der Waals surface area contributed by atoms with Gasteiger partial charge in [0, 0.05) is 28.1 Å². The number of hydrogen-bond acceptors (Lipinski definition) is 3. The summed E-state index contributed by atoms with van der Waals surface area (Å²) in [6.45, 7) is 13.3. The van der Waals surface area contributed by atoms with Crippen LogP contribution in [0.25, 0.3) is 44.6 Å². The Morgan fingerprint density at radius 2 is 1.53 bits per heavy atom. The van der Waals surface area contributed by atoms with Gasteiger partial charge in [0.15, 0.2) is 0 Å². The van der Waals surface area contributed by atoms with E-state index >= 15 is 0 Å². The number of benzene rings is 2. The second-order valence-electron chi connectivity index (χ2n) is 9.80. The molecule has 0 bridgehead atoms. The molecule has 0 saturated carbocycles. The first-order valence-electron chi connectivity index (χ1n) is 12.3. The third kappa shape index (κ3) is 3.69. The Morgan fingerprint density at radius 1 is 0.824 bits per heavy atom. The maximum atomic E-state index is 6.45. The molecule has 3 nitrogen and oxygen atoms in total. The predicted octanol–water partition coefficient (Wildman–Crippen LogP) is 8.83. The lowest BCUT2D eigenvalue weighted by Gasteiger charge is -2.19. The van der Waals surface area contributed by atoms with Crippen molar-refractivity contribution in [2.24, 2.45) is 0 Å². The number of para-hydroxylation sites is 1. The summed E-state index contributed by atoms with van der Waals surface area (Å²) < 4.78 is 6.45. The van der Waals surface area contributed by atoms with E-state index in [-0.39, 0.29) is 0 Å². The topological polar surface area (TPSA) is 38.9 Å². The summed E-state index contributed by atoms with van der Waals surface area (Å²) >= 11 is 0. The first kappa shape index (κ1) is 22.3. The summed E-state index contributed by atoms with van der Waals surface area (Å²) in [5.41, 5.74) is 10.9. The summed E-state index contributed by atoms with van der Waals surface area (Å²) in [4.78, 5) is 9.79. The van der Waals surface area contributed by atoms with Gasteiger partial charge in [-0.2, -0.15) is 0 Å². The highest BCUT2D eigenvalue weighted by Crippen LogP contribution is 2.39. The molecular formula is C31H32N2O. The van der Waals surface area contributed by atoms with Gasteiger partial charge in [0.25, 0.3) is 0 Å². The fraction of sp³-hybridized carbons (Fsp3) is 0.290. The summed E-state index contributed by atoms with van der Waals surface area (Å²) in [6.07, 6.45) is 2.94. The van der Waals surface area contributed by atoms with Gasteiger partial charge in [-0.25, -0.2) is 4.98 Å². The number of aryl methyl sites for hydroxylation is 2. The molecule has 0 fully saturated rings. The number of fused-ring (bicyclic) bond motifs is 3. The van der Waals surface area contributed by atoms with Gasteiger partial charge in [-0.05, 0) is 71.7 Å². The third-order valence-electron chi connectivity index (χ3n) is 6.86. The molecule has 2 aromatic carbocycles. The molecule has 34 heavy (non-hydrogen) atoms. The largest absolute Gasteiger partial charge is 0.437 e. The van der Waals surface area contributed by atoms with Gasteiger partial charge < -0.3 is 4.42 Å². The molecule has 0 unspecified atom stereocenters. The van der Waals surface area contributed by atoms with E-state index in [1.54, 1.807) is 0 Å². The van der Waals surface area contributed by atoms with Crippen LogP contribution >= 0.6 is 0 Å². The van der Waals surface area contributed by atoms with E-state index in [2.05, 4.69) is 96.1 Å². The Balaban J connectivity index is 1.73. The Morgan fingerprint density at radius 3 is 2.21 bits per heavy atom. The Labute approximate surface area is 201 Å². The van der Waals surface area contributed by atoms with Crippen molar-refractivity contribution in [2.75, 3.05) is 0 Å². The highest BCUT2D eigenvalue weighted by Gasteiger charge is 2.19. The second-order valence-corrected chi connectivity index (χ2v) is 9.80. The van der Waals surface area contributed by atoms with E-state index in [1.165, 1.54) is 27.8 Å². The van der Waals surface area contributed by atoms with E-state index in [4.69, 9.17) is 14.4 Å². The number of nitrogens with zero attached hydrogens (tertiary/aromatic N) is 2. The summed E-state index contributed by atoms with van der Waals surface area (Å²) in [6, 6.07) is 19.4. The fourth-order valence-corrected chi connectivity index (χ4v) is 4.96. The van der Waals surface area contributed by atoms with Crippen LogP contribution in [0, 0.1) is 6.92 Å². The second kappa shape index (κ2) is 8.72. The predicted molar refractivity (Wildman–Crippen MR) is 142 cm³/mol. The number of furan rings is 1. The van der Waals surface area contributed by atoms with Crippen molar-refractivity contribution in [3.63, 3.8) is 0 Å². The lowest BCUT2D eigenvalue weighted by Crippen LogP contribution is -2.00. The Bertz CT molecular complexity index is 1480. The minimum absolute atomic E-state index is 0.411. The minimum atomic E-state index is 0.411. The average Bonchev–Trinajstić information content (AvgIpc) is 3.21. The van der Waals surface area contributed by atoms with Crippen molar-refractivity contribution in [2.45, 2.75) is 59.8 Å². The van der Waals surface area contributed by atoms with E-state index < -0.39 is 0 Å². The van der Waals surface area contributed by atoms with Crippen molar-refractivity contribution < 1.29 is 4.42 Å². The van der Waals surface area contributed by atoms with Crippen LogP contribution in [0.4, 0.5) is 0 Å². The molecule has 5 aromatic rings. The lowest BCUT2D eigenvalue weighted by atomic mass is 9.87. The zero-order valence-electron chi connectivity index (χ0n) is 20.9. The van der Waals surface area contributed by atoms with Crippen molar-refractivity contribution in [1.82, 2.24) is 9.97 Å². The van der Waals surface area contributed by atoms with Gasteiger partial charge in [-0.1, -0.05) is 65.0 Å². The first-order valence-corrected chi connectivity index (χ1v) is 12.3. The van der Waals surface area contributed by atoms with E-state index in [0.717, 1.165) is 39.7 Å². The van der Waals surface area contributed by atoms with Gasteiger partial charge in [0.05, 0.1) is 11.4 Å². The molecular weight excluding hydrogens is 416 g/mol. The highest BCUT2D eigenvalue weighted by molar-refractivity contribution is 6.08. The SMILES string of the molecule is CCc1cc(-c2cccc3c2oc2nc(-c4c(C(C)C)cccc4C(C)C)ccc23)ncc1C. The van der Waals surface area contributed by atoms with Crippen molar-refractivity contribution in [3.05, 3.63) is 83.0 Å². The van der Waals surface area contributed by atoms with Gasteiger partial charge in [-0.3, -0.25) is 4.98 Å². The van der Waals surface area contributed by atoms with Crippen LogP contribution in [-0.2, 0) is 6.42 Å². The summed E-state index contributed by atoms with van der Waals surface area (Å²) in [5, 5.41) is 2.12. The third-order valence-corrected chi connectivity index (χ3v) is 6.86. The minimum Gasteiger partial charge on any atom is -0.437 e. The molecule has 0 spiro atoms. The molecule has 0 N–H and O–H groups in total. The van der Waals surface area contributed by atoms with Gasteiger partial charge in [0.2, 0.25) is 5.71 Å². The van der Waals surface area contributed by atoms with Crippen LogP contribution in [0.2, 0.25) is 0 Å². The zero-order valence-corrected chi connectivity index (χ0v) is 20.9. The Kier molecular flexibility index (Phi) is 5.73. The monoisotopic (exact) mass is 448 g/mol. The number of pyridine rings is 2. The number of aromatic nitrogens is 2. The van der Waals surface area contributed by atoms with Crippen LogP contribution in [0.15, 0.2) is 65.2 Å². The van der Waals surface area contributed by atoms with E-state index in [0.29, 0.717) is 17.5 Å². The molecule has 0 aliphatic rings. The van der Waals surface area contributed by atoms with Crippen molar-refractivity contribution >= 4 is 22.1 Å². The molecule has 0 aliphatic carbocycles. The zero-order chi connectivity index (χ0) is 24.0. The van der Waals surface area contributed by atoms with Gasteiger partial charge in [0.1, 0.15) is 5.58 Å². The quantitative estimate of drug-likeness (QED) is 0.269. The van der Waals surface area contributed by atoms with Crippen LogP contribution < -0.4 is 0 Å². The van der Waals surface area contributed by atoms with Gasteiger partial charge in [-0.15, -0.1) is 0 Å². The smallest absolute Gasteiger partial charge is 0.227 e. The molecule has 0 saturated heterocycles. The van der Waals surface area contributed by atoms with E-state index in [9.17, 15) is 0 Å². The van der Waals surface area contributed by atoms with Crippen LogP contribution in [0.5, 0.6) is 0 Å². The average molecular weight is 449 g/mol. The fourth-order valence-electron chi connectivity index (χ4n) is 4.96. The number of hydrogen-bond donors (Lipinski definition) is 0. The maximum Gasteiger partial charge on any atom is 0.227 e. The normalized spacial score (nSPS) is 11.9. The van der Waals surface area contributed by atoms with Crippen LogP contribution in [-0.4, -0.2) is 9.97 Å². The lowest BCUT2D eigenvalue weighted by molar-refractivity contribution is 0.655. The Hall–Kier alpha value is -3.46. The molecule has 0 aliphatic heterocycles. The van der Waals surface area contributed by atoms with Crippen molar-refractivity contribution in [1.29, 1.82) is 0 Å². The first-order chi connectivity index (χ1) is 16.4. The molecule has 3 heteroatoms. The maximum absolute atomic E-state index is 6.45. The molecule has 0 radical (unpaired) electrons.